The van der Waals surface area contributed by atoms with Gasteiger partial charge in [0, 0.05) is 18.7 Å². The second-order valence-corrected chi connectivity index (χ2v) is 4.15. The first-order chi connectivity index (χ1) is 8.59. The van der Waals surface area contributed by atoms with Crippen LogP contribution < -0.4 is 16.8 Å². The average molecular weight is 249 g/mol. The Kier molecular flexibility index (Phi) is 5.70. The number of rotatable bonds is 7. The van der Waals surface area contributed by atoms with E-state index in [1.54, 1.807) is 6.07 Å². The molecule has 0 aromatic heterocycles. The Hall–Kier alpha value is -2.04. The van der Waals surface area contributed by atoms with Gasteiger partial charge in [-0.05, 0) is 24.5 Å². The maximum Gasteiger partial charge on any atom is 0.224 e. The topological polar surface area (TPSA) is 98.2 Å². The highest BCUT2D eigenvalue weighted by atomic mass is 16.1. The van der Waals surface area contributed by atoms with Gasteiger partial charge in [-0.15, -0.1) is 0 Å². The number of nitrogens with two attached hydrogens (primary N) is 2. The Morgan fingerprint density at radius 1 is 1.17 bits per heavy atom. The van der Waals surface area contributed by atoms with E-state index in [2.05, 4.69) is 5.32 Å². The summed E-state index contributed by atoms with van der Waals surface area (Å²) in [5.41, 5.74) is 12.2. The molecule has 0 spiro atoms. The summed E-state index contributed by atoms with van der Waals surface area (Å²) in [5.74, 6) is -0.370. The summed E-state index contributed by atoms with van der Waals surface area (Å²) in [7, 11) is 0. The predicted octanol–water partition coefficient (Wildman–Crippen LogP) is 0.583. The van der Waals surface area contributed by atoms with E-state index in [9.17, 15) is 9.59 Å². The van der Waals surface area contributed by atoms with Crippen molar-refractivity contribution in [2.75, 3.05) is 12.3 Å². The third kappa shape index (κ3) is 5.34. The van der Waals surface area contributed by atoms with Crippen LogP contribution in [0.25, 0.3) is 0 Å². The Bertz CT molecular complexity index is 418. The van der Waals surface area contributed by atoms with E-state index in [4.69, 9.17) is 11.5 Å². The summed E-state index contributed by atoms with van der Waals surface area (Å²) in [6, 6.07) is 7.30. The number of hydrogen-bond acceptors (Lipinski definition) is 3. The summed E-state index contributed by atoms with van der Waals surface area (Å²) in [6.45, 7) is 0.554. The third-order valence-electron chi connectivity index (χ3n) is 2.58. The molecule has 2 amide bonds. The van der Waals surface area contributed by atoms with Crippen LogP contribution in [0.4, 0.5) is 5.69 Å². The molecule has 0 fully saturated rings. The average Bonchev–Trinajstić information content (AvgIpc) is 2.31. The van der Waals surface area contributed by atoms with Crippen LogP contribution in [0, 0.1) is 0 Å². The van der Waals surface area contributed by atoms with Crippen LogP contribution in [0.15, 0.2) is 24.3 Å². The molecule has 0 saturated heterocycles. The Morgan fingerprint density at radius 2 is 1.89 bits per heavy atom. The van der Waals surface area contributed by atoms with Crippen molar-refractivity contribution >= 4 is 17.5 Å². The third-order valence-corrected chi connectivity index (χ3v) is 2.58. The summed E-state index contributed by atoms with van der Waals surface area (Å²) in [4.78, 5) is 22.1. The highest BCUT2D eigenvalue weighted by Gasteiger charge is 2.05. The minimum absolute atomic E-state index is 0.0630. The first-order valence-corrected chi connectivity index (χ1v) is 5.98. The molecular formula is C13H19N3O2. The molecule has 18 heavy (non-hydrogen) atoms. The largest absolute Gasteiger partial charge is 0.398 e. The molecule has 0 atom stereocenters. The van der Waals surface area contributed by atoms with Crippen LogP contribution in [0.1, 0.15) is 24.8 Å². The van der Waals surface area contributed by atoms with Gasteiger partial charge in [0.05, 0.1) is 6.42 Å². The summed E-state index contributed by atoms with van der Waals surface area (Å²) in [5, 5.41) is 2.79. The van der Waals surface area contributed by atoms with Crippen molar-refractivity contribution in [3.63, 3.8) is 0 Å². The molecule has 1 aromatic rings. The number of primary amides is 1. The second-order valence-electron chi connectivity index (χ2n) is 4.15. The molecule has 0 unspecified atom stereocenters. The van der Waals surface area contributed by atoms with Gasteiger partial charge in [0.15, 0.2) is 0 Å². The van der Waals surface area contributed by atoms with E-state index in [0.29, 0.717) is 25.1 Å². The lowest BCUT2D eigenvalue weighted by atomic mass is 10.1. The maximum absolute atomic E-state index is 11.6. The molecule has 0 saturated carbocycles. The standard InChI is InChI=1S/C13H19N3O2/c14-11-6-2-1-5-10(11)9-13(18)16-8-4-3-7-12(15)17/h1-2,5-6H,3-4,7-9,14H2,(H2,15,17)(H,16,18). The van der Waals surface area contributed by atoms with Crippen molar-refractivity contribution < 1.29 is 9.59 Å². The lowest BCUT2D eigenvalue weighted by molar-refractivity contribution is -0.120. The number of unbranched alkanes of at least 4 members (excludes halogenated alkanes) is 1. The summed E-state index contributed by atoms with van der Waals surface area (Å²) >= 11 is 0. The molecule has 98 valence electrons. The van der Waals surface area contributed by atoms with Gasteiger partial charge in [-0.2, -0.15) is 0 Å². The van der Waals surface area contributed by atoms with Crippen molar-refractivity contribution in [1.29, 1.82) is 0 Å². The Labute approximate surface area is 107 Å². The molecule has 5 heteroatoms. The number of hydrogen-bond donors (Lipinski definition) is 3. The lowest BCUT2D eigenvalue weighted by Gasteiger charge is -2.06. The van der Waals surface area contributed by atoms with Gasteiger partial charge in [0.2, 0.25) is 11.8 Å². The number of para-hydroxylation sites is 1. The summed E-state index contributed by atoms with van der Waals surface area (Å²) in [6.07, 6.45) is 2.09. The zero-order chi connectivity index (χ0) is 13.4. The quantitative estimate of drug-likeness (QED) is 0.487. The molecule has 0 bridgehead atoms. The Balaban J connectivity index is 2.22. The molecule has 5 N–H and O–H groups in total. The van der Waals surface area contributed by atoms with Crippen molar-refractivity contribution in [1.82, 2.24) is 5.32 Å². The van der Waals surface area contributed by atoms with Crippen LogP contribution in [0.3, 0.4) is 0 Å². The van der Waals surface area contributed by atoms with Gasteiger partial charge in [0.1, 0.15) is 0 Å². The van der Waals surface area contributed by atoms with E-state index in [1.165, 1.54) is 0 Å². The molecular weight excluding hydrogens is 230 g/mol. The fraction of sp³-hybridized carbons (Fsp3) is 0.385. The molecule has 0 radical (unpaired) electrons. The fourth-order valence-corrected chi connectivity index (χ4v) is 1.58. The van der Waals surface area contributed by atoms with Gasteiger partial charge in [-0.1, -0.05) is 18.2 Å². The van der Waals surface area contributed by atoms with Crippen LogP contribution in [0.2, 0.25) is 0 Å². The smallest absolute Gasteiger partial charge is 0.224 e. The number of nitrogens with one attached hydrogen (secondary N) is 1. The monoisotopic (exact) mass is 249 g/mol. The van der Waals surface area contributed by atoms with Crippen LogP contribution in [0.5, 0.6) is 0 Å². The number of amides is 2. The zero-order valence-corrected chi connectivity index (χ0v) is 10.3. The van der Waals surface area contributed by atoms with E-state index in [-0.39, 0.29) is 18.2 Å². The number of nitrogen functional groups attached to an aromatic ring is 1. The number of benzene rings is 1. The van der Waals surface area contributed by atoms with Gasteiger partial charge < -0.3 is 16.8 Å². The predicted molar refractivity (Wildman–Crippen MR) is 70.6 cm³/mol. The van der Waals surface area contributed by atoms with Crippen molar-refractivity contribution in [3.05, 3.63) is 29.8 Å². The number of carbonyl (C=O) groups excluding carboxylic acids is 2. The minimum Gasteiger partial charge on any atom is -0.398 e. The Morgan fingerprint density at radius 3 is 2.56 bits per heavy atom. The van der Waals surface area contributed by atoms with E-state index in [1.807, 2.05) is 18.2 Å². The van der Waals surface area contributed by atoms with Gasteiger partial charge in [0.25, 0.3) is 0 Å². The zero-order valence-electron chi connectivity index (χ0n) is 10.3. The molecule has 1 aromatic carbocycles. The second kappa shape index (κ2) is 7.32. The highest BCUT2D eigenvalue weighted by molar-refractivity contribution is 5.80. The molecule has 0 aliphatic heterocycles. The highest BCUT2D eigenvalue weighted by Crippen LogP contribution is 2.10. The van der Waals surface area contributed by atoms with E-state index >= 15 is 0 Å². The molecule has 0 aliphatic rings. The SMILES string of the molecule is NC(=O)CCCCNC(=O)Cc1ccccc1N. The number of carbonyl (C=O) groups is 2. The van der Waals surface area contributed by atoms with Crippen molar-refractivity contribution in [2.45, 2.75) is 25.7 Å². The lowest BCUT2D eigenvalue weighted by Crippen LogP contribution is -2.26. The van der Waals surface area contributed by atoms with Crippen LogP contribution >= 0.6 is 0 Å². The first-order valence-electron chi connectivity index (χ1n) is 5.98. The van der Waals surface area contributed by atoms with Crippen LogP contribution in [-0.2, 0) is 16.0 Å². The molecule has 5 nitrogen and oxygen atoms in total. The first kappa shape index (κ1) is 14.0. The van der Waals surface area contributed by atoms with Gasteiger partial charge >= 0.3 is 0 Å². The summed E-state index contributed by atoms with van der Waals surface area (Å²) < 4.78 is 0. The van der Waals surface area contributed by atoms with Gasteiger partial charge in [-0.3, -0.25) is 9.59 Å². The van der Waals surface area contributed by atoms with E-state index in [0.717, 1.165) is 12.0 Å². The van der Waals surface area contributed by atoms with E-state index < -0.39 is 0 Å². The van der Waals surface area contributed by atoms with Crippen molar-refractivity contribution in [2.24, 2.45) is 5.73 Å². The fourth-order valence-electron chi connectivity index (χ4n) is 1.58. The molecule has 1 rings (SSSR count). The number of anilines is 1. The normalized spacial score (nSPS) is 10.0. The molecule has 0 heterocycles. The molecule has 0 aliphatic carbocycles. The minimum atomic E-state index is -0.307. The maximum atomic E-state index is 11.6. The van der Waals surface area contributed by atoms with Crippen LogP contribution in [-0.4, -0.2) is 18.4 Å². The van der Waals surface area contributed by atoms with Gasteiger partial charge in [-0.25, -0.2) is 0 Å². The van der Waals surface area contributed by atoms with Crippen molar-refractivity contribution in [3.8, 4) is 0 Å².